The lowest BCUT2D eigenvalue weighted by Gasteiger charge is -2.29. The number of para-hydroxylation sites is 1. The van der Waals surface area contributed by atoms with Crippen LogP contribution in [0.2, 0.25) is 0 Å². The third kappa shape index (κ3) is 4.83. The average molecular weight is 495 g/mol. The summed E-state index contributed by atoms with van der Waals surface area (Å²) in [5, 5.41) is 9.55. The van der Waals surface area contributed by atoms with Crippen LogP contribution in [0.25, 0.3) is 17.1 Å². The Kier molecular flexibility index (Phi) is 7.00. The normalized spacial score (nSPS) is 11.1. The number of amides is 1. The minimum Gasteiger partial charge on any atom is -0.469 e. The zero-order valence-electron chi connectivity index (χ0n) is 20.1. The third-order valence-corrected chi connectivity index (χ3v) is 7.00. The van der Waals surface area contributed by atoms with Crippen molar-refractivity contribution in [3.05, 3.63) is 120 Å². The fourth-order valence-electron chi connectivity index (χ4n) is 4.25. The molecule has 2 heterocycles. The summed E-state index contributed by atoms with van der Waals surface area (Å²) < 4.78 is 7.48. The topological polar surface area (TPSA) is 64.2 Å². The van der Waals surface area contributed by atoms with Crippen LogP contribution in [-0.2, 0) is 4.79 Å². The first-order valence-corrected chi connectivity index (χ1v) is 12.7. The lowest BCUT2D eigenvalue weighted by Crippen LogP contribution is -2.33. The Balaban J connectivity index is 1.42. The van der Waals surface area contributed by atoms with Gasteiger partial charge in [0.2, 0.25) is 5.91 Å². The van der Waals surface area contributed by atoms with E-state index in [4.69, 9.17) is 4.42 Å². The molecule has 3 aromatic carbocycles. The molecule has 2 aromatic heterocycles. The van der Waals surface area contributed by atoms with Crippen molar-refractivity contribution < 1.29 is 9.21 Å². The second kappa shape index (κ2) is 10.7. The molecule has 0 N–H and O–H groups in total. The summed E-state index contributed by atoms with van der Waals surface area (Å²) in [4.78, 5) is 15.3. The van der Waals surface area contributed by atoms with Crippen LogP contribution in [0.4, 0.5) is 0 Å². The van der Waals surface area contributed by atoms with Crippen molar-refractivity contribution >= 4 is 17.7 Å². The van der Waals surface area contributed by atoms with E-state index >= 15 is 0 Å². The summed E-state index contributed by atoms with van der Waals surface area (Å²) in [6.07, 6.45) is 1.65. The van der Waals surface area contributed by atoms with Crippen LogP contribution in [0.15, 0.2) is 113 Å². The Morgan fingerprint density at radius 2 is 1.47 bits per heavy atom. The van der Waals surface area contributed by atoms with Crippen LogP contribution in [0.5, 0.6) is 0 Å². The molecule has 6 nitrogen and oxygen atoms in total. The highest BCUT2D eigenvalue weighted by atomic mass is 32.2. The molecule has 0 aliphatic heterocycles. The summed E-state index contributed by atoms with van der Waals surface area (Å²) in [7, 11) is 1.86. The molecule has 180 valence electrons. The van der Waals surface area contributed by atoms with Gasteiger partial charge in [0.25, 0.3) is 0 Å². The van der Waals surface area contributed by atoms with E-state index in [1.807, 2.05) is 96.2 Å². The van der Waals surface area contributed by atoms with Crippen molar-refractivity contribution in [2.24, 2.45) is 0 Å². The van der Waals surface area contributed by atoms with E-state index < -0.39 is 0 Å². The first-order chi connectivity index (χ1) is 17.6. The predicted molar refractivity (Wildman–Crippen MR) is 142 cm³/mol. The lowest BCUT2D eigenvalue weighted by molar-refractivity contribution is -0.128. The quantitative estimate of drug-likeness (QED) is 0.241. The van der Waals surface area contributed by atoms with Gasteiger partial charge in [-0.3, -0.25) is 9.36 Å². The van der Waals surface area contributed by atoms with E-state index in [-0.39, 0.29) is 17.7 Å². The number of carbonyl (C=O) groups is 1. The van der Waals surface area contributed by atoms with E-state index in [0.29, 0.717) is 11.0 Å². The Labute approximate surface area is 214 Å². The number of benzene rings is 3. The zero-order valence-corrected chi connectivity index (χ0v) is 20.9. The van der Waals surface area contributed by atoms with Gasteiger partial charge >= 0.3 is 0 Å². The van der Waals surface area contributed by atoms with Gasteiger partial charge in [0.1, 0.15) is 5.76 Å². The molecule has 0 radical (unpaired) electrons. The summed E-state index contributed by atoms with van der Waals surface area (Å²) in [5.41, 5.74) is 3.92. The smallest absolute Gasteiger partial charge is 0.233 e. The largest absolute Gasteiger partial charge is 0.469 e. The molecule has 0 saturated heterocycles. The average Bonchev–Trinajstić information content (AvgIpc) is 3.54. The SMILES string of the molecule is Cc1occc1-c1nnc(SCC(=O)N(C)C(c2ccccc2)c2ccccc2)n1-c1ccccc1. The van der Waals surface area contributed by atoms with Crippen molar-refractivity contribution in [3.8, 4) is 17.1 Å². The monoisotopic (exact) mass is 494 g/mol. The molecule has 0 aliphatic carbocycles. The Morgan fingerprint density at radius 3 is 2.03 bits per heavy atom. The second-order valence-corrected chi connectivity index (χ2v) is 9.33. The van der Waals surface area contributed by atoms with Crippen LogP contribution in [0.3, 0.4) is 0 Å². The van der Waals surface area contributed by atoms with Crippen LogP contribution in [0, 0.1) is 6.92 Å². The summed E-state index contributed by atoms with van der Waals surface area (Å²) in [5.74, 6) is 1.67. The highest BCUT2D eigenvalue weighted by Crippen LogP contribution is 2.32. The van der Waals surface area contributed by atoms with Crippen LogP contribution >= 0.6 is 11.8 Å². The lowest BCUT2D eigenvalue weighted by atomic mass is 9.97. The molecule has 0 bridgehead atoms. The maximum atomic E-state index is 13.5. The standard InChI is InChI=1S/C29H26N4O2S/c1-21-25(18-19-35-21)28-30-31-29(33(28)24-16-10-5-11-17-24)36-20-26(34)32(2)27(22-12-6-3-7-13-22)23-14-8-4-9-15-23/h3-19,27H,20H2,1-2H3. The second-order valence-electron chi connectivity index (χ2n) is 8.38. The molecule has 0 unspecified atom stereocenters. The molecule has 7 heteroatoms. The highest BCUT2D eigenvalue weighted by Gasteiger charge is 2.25. The number of hydrogen-bond donors (Lipinski definition) is 0. The summed E-state index contributed by atoms with van der Waals surface area (Å²) in [6.45, 7) is 1.90. The highest BCUT2D eigenvalue weighted by molar-refractivity contribution is 7.99. The van der Waals surface area contributed by atoms with E-state index in [0.717, 1.165) is 28.1 Å². The number of carbonyl (C=O) groups excluding carboxylic acids is 1. The third-order valence-electron chi connectivity index (χ3n) is 6.08. The molecule has 36 heavy (non-hydrogen) atoms. The van der Waals surface area contributed by atoms with Gasteiger partial charge < -0.3 is 9.32 Å². The van der Waals surface area contributed by atoms with Gasteiger partial charge in [-0.1, -0.05) is 90.6 Å². The summed E-state index contributed by atoms with van der Waals surface area (Å²) >= 11 is 1.38. The number of rotatable bonds is 8. The Bertz CT molecular complexity index is 1390. The molecule has 0 spiro atoms. The minimum absolute atomic E-state index is 0.00126. The number of aromatic nitrogens is 3. The molecular formula is C29H26N4O2S. The predicted octanol–water partition coefficient (Wildman–Crippen LogP) is 6.18. The van der Waals surface area contributed by atoms with E-state index in [1.165, 1.54) is 11.8 Å². The maximum absolute atomic E-state index is 13.5. The Morgan fingerprint density at radius 1 is 0.889 bits per heavy atom. The fraction of sp³-hybridized carbons (Fsp3) is 0.138. The fourth-order valence-corrected chi connectivity index (χ4v) is 5.12. The molecule has 0 atom stereocenters. The van der Waals surface area contributed by atoms with E-state index in [2.05, 4.69) is 34.5 Å². The molecule has 0 saturated carbocycles. The van der Waals surface area contributed by atoms with Gasteiger partial charge in [-0.15, -0.1) is 10.2 Å². The number of furan rings is 1. The van der Waals surface area contributed by atoms with Crippen molar-refractivity contribution in [3.63, 3.8) is 0 Å². The minimum atomic E-state index is -0.184. The van der Waals surface area contributed by atoms with E-state index in [1.54, 1.807) is 6.26 Å². The Hall–Kier alpha value is -4.10. The molecule has 0 aliphatic rings. The van der Waals surface area contributed by atoms with Gasteiger partial charge in [-0.25, -0.2) is 0 Å². The molecule has 5 rings (SSSR count). The van der Waals surface area contributed by atoms with Gasteiger partial charge in [0, 0.05) is 12.7 Å². The molecule has 0 fully saturated rings. The van der Waals surface area contributed by atoms with Crippen LogP contribution in [-0.4, -0.2) is 38.4 Å². The van der Waals surface area contributed by atoms with Gasteiger partial charge in [-0.05, 0) is 36.2 Å². The molecule has 1 amide bonds. The van der Waals surface area contributed by atoms with Crippen LogP contribution < -0.4 is 0 Å². The van der Waals surface area contributed by atoms with Gasteiger partial charge in [0.15, 0.2) is 11.0 Å². The van der Waals surface area contributed by atoms with Crippen molar-refractivity contribution in [1.82, 2.24) is 19.7 Å². The van der Waals surface area contributed by atoms with Gasteiger partial charge in [-0.2, -0.15) is 0 Å². The van der Waals surface area contributed by atoms with Crippen molar-refractivity contribution in [2.75, 3.05) is 12.8 Å². The number of nitrogens with zero attached hydrogens (tertiary/aromatic N) is 4. The van der Waals surface area contributed by atoms with Crippen molar-refractivity contribution in [2.45, 2.75) is 18.1 Å². The summed E-state index contributed by atoms with van der Waals surface area (Å²) in [6, 6.07) is 31.8. The number of thioether (sulfide) groups is 1. The van der Waals surface area contributed by atoms with Crippen molar-refractivity contribution in [1.29, 1.82) is 0 Å². The van der Waals surface area contributed by atoms with E-state index in [9.17, 15) is 4.79 Å². The first-order valence-electron chi connectivity index (χ1n) is 11.7. The molecular weight excluding hydrogens is 468 g/mol. The number of hydrogen-bond acceptors (Lipinski definition) is 5. The maximum Gasteiger partial charge on any atom is 0.233 e. The zero-order chi connectivity index (χ0) is 24.9. The molecule has 5 aromatic rings. The van der Waals surface area contributed by atoms with Crippen LogP contribution in [0.1, 0.15) is 22.9 Å². The number of aryl methyl sites for hydroxylation is 1. The first kappa shape index (κ1) is 23.6. The van der Waals surface area contributed by atoms with Gasteiger partial charge in [0.05, 0.1) is 23.6 Å².